The van der Waals surface area contributed by atoms with Crippen molar-refractivity contribution in [1.82, 2.24) is 4.90 Å². The second-order valence-electron chi connectivity index (χ2n) is 9.79. The molecule has 6 nitrogen and oxygen atoms in total. The molecule has 0 radical (unpaired) electrons. The highest BCUT2D eigenvalue weighted by Crippen LogP contribution is 2.60. The van der Waals surface area contributed by atoms with Crippen LogP contribution in [-0.4, -0.2) is 21.5 Å². The monoisotopic (exact) mass is 423 g/mol. The van der Waals surface area contributed by atoms with Gasteiger partial charge in [0.15, 0.2) is 11.5 Å². The second-order valence-corrected chi connectivity index (χ2v) is 9.79. The summed E-state index contributed by atoms with van der Waals surface area (Å²) in [6.45, 7) is 0. The number of hydrogen-bond acceptors (Lipinski definition) is 5. The zero-order valence-corrected chi connectivity index (χ0v) is 17.2. The molecule has 0 spiro atoms. The van der Waals surface area contributed by atoms with Crippen molar-refractivity contribution in [2.75, 3.05) is 0 Å². The van der Waals surface area contributed by atoms with Crippen LogP contribution in [0.25, 0.3) is 0 Å². The molecule has 4 fully saturated rings. The third-order valence-corrected chi connectivity index (χ3v) is 7.78. The van der Waals surface area contributed by atoms with Crippen molar-refractivity contribution in [3.63, 3.8) is 0 Å². The molecular weight excluding hydrogens is 397 g/mol. The molecule has 2 aromatic carbocycles. The SMILES string of the molecule is [O-][NH+](O)c1ccc(C2=NOC(c3ccccc3F)N2C23CC4CC(CC(C4)C2)C3)cc1. The first-order valence-corrected chi connectivity index (χ1v) is 11.1. The molecule has 7 rings (SSSR count). The Hall–Kier alpha value is -2.48. The quantitative estimate of drug-likeness (QED) is 0.732. The number of rotatable bonds is 4. The zero-order chi connectivity index (χ0) is 21.2. The standard InChI is InChI=1S/C24H26FN3O3/c25-21-4-2-1-3-20(21)23-27(24-12-15-9-16(13-24)11-17(10-15)14-24)22(26-31-23)18-5-7-19(8-6-18)28(29)30/h1-8,15-17,23,28-29H,9-14H2. The number of quaternary nitrogens is 1. The highest BCUT2D eigenvalue weighted by atomic mass is 19.1. The van der Waals surface area contributed by atoms with E-state index in [9.17, 15) is 14.8 Å². The lowest BCUT2D eigenvalue weighted by molar-refractivity contribution is -0.991. The highest BCUT2D eigenvalue weighted by Gasteiger charge is 2.57. The Bertz CT molecular complexity index is 988. The van der Waals surface area contributed by atoms with Crippen molar-refractivity contribution in [3.05, 3.63) is 70.7 Å². The summed E-state index contributed by atoms with van der Waals surface area (Å²) >= 11 is 0. The molecule has 2 atom stereocenters. The smallest absolute Gasteiger partial charge is 0.230 e. The maximum Gasteiger partial charge on any atom is 0.230 e. The van der Waals surface area contributed by atoms with E-state index in [1.165, 1.54) is 25.3 Å². The molecule has 4 saturated carbocycles. The summed E-state index contributed by atoms with van der Waals surface area (Å²) in [5, 5.41) is 24.0. The average molecular weight is 423 g/mol. The summed E-state index contributed by atoms with van der Waals surface area (Å²) in [7, 11) is 0. The van der Waals surface area contributed by atoms with Gasteiger partial charge in [-0.25, -0.2) is 9.60 Å². The summed E-state index contributed by atoms with van der Waals surface area (Å²) in [4.78, 5) is 8.17. The van der Waals surface area contributed by atoms with Crippen LogP contribution in [0.4, 0.5) is 10.1 Å². The van der Waals surface area contributed by atoms with Gasteiger partial charge in [0.1, 0.15) is 5.82 Å². The average Bonchev–Trinajstić information content (AvgIpc) is 3.19. The normalized spacial score (nSPS) is 34.5. The van der Waals surface area contributed by atoms with Crippen LogP contribution in [0, 0.1) is 28.8 Å². The highest BCUT2D eigenvalue weighted by molar-refractivity contribution is 6.00. The summed E-state index contributed by atoms with van der Waals surface area (Å²) in [5.74, 6) is 2.53. The van der Waals surface area contributed by atoms with Gasteiger partial charge in [-0.3, -0.25) is 0 Å². The number of oxime groups is 1. The van der Waals surface area contributed by atoms with Crippen molar-refractivity contribution in [1.29, 1.82) is 0 Å². The van der Waals surface area contributed by atoms with E-state index in [1.807, 2.05) is 6.07 Å². The van der Waals surface area contributed by atoms with Crippen LogP contribution in [0.3, 0.4) is 0 Å². The van der Waals surface area contributed by atoms with Gasteiger partial charge < -0.3 is 14.9 Å². The Balaban J connectivity index is 1.43. The van der Waals surface area contributed by atoms with Gasteiger partial charge in [0.2, 0.25) is 6.23 Å². The van der Waals surface area contributed by atoms with Gasteiger partial charge in [0.05, 0.1) is 5.56 Å². The Kier molecular flexibility index (Phi) is 4.35. The van der Waals surface area contributed by atoms with Crippen molar-refractivity contribution in [2.24, 2.45) is 22.9 Å². The molecule has 4 bridgehead atoms. The second kappa shape index (κ2) is 7.02. The minimum atomic E-state index is -0.960. The number of halogens is 1. The van der Waals surface area contributed by atoms with E-state index in [1.54, 1.807) is 36.4 Å². The van der Waals surface area contributed by atoms with Crippen LogP contribution >= 0.6 is 0 Å². The summed E-state index contributed by atoms with van der Waals surface area (Å²) in [6.07, 6.45) is 6.55. The Morgan fingerprint density at radius 2 is 1.61 bits per heavy atom. The molecule has 5 aliphatic rings. The fourth-order valence-corrected chi connectivity index (χ4v) is 6.96. The van der Waals surface area contributed by atoms with Crippen molar-refractivity contribution >= 4 is 11.5 Å². The van der Waals surface area contributed by atoms with Crippen LogP contribution in [0.5, 0.6) is 0 Å². The lowest BCUT2D eigenvalue weighted by Gasteiger charge is -2.60. The molecule has 0 saturated heterocycles. The van der Waals surface area contributed by atoms with Gasteiger partial charge in [0, 0.05) is 23.2 Å². The molecule has 31 heavy (non-hydrogen) atoms. The molecule has 4 aliphatic carbocycles. The lowest BCUT2D eigenvalue weighted by Crippen LogP contribution is -2.99. The largest absolute Gasteiger partial charge is 0.595 e. The number of benzene rings is 2. The predicted octanol–water partition coefficient (Wildman–Crippen LogP) is 3.89. The third kappa shape index (κ3) is 3.06. The molecule has 0 amide bonds. The summed E-state index contributed by atoms with van der Waals surface area (Å²) in [6, 6.07) is 13.5. The van der Waals surface area contributed by atoms with Gasteiger partial charge in [0.25, 0.3) is 0 Å². The van der Waals surface area contributed by atoms with Crippen molar-refractivity contribution in [3.8, 4) is 0 Å². The Morgan fingerprint density at radius 3 is 2.19 bits per heavy atom. The number of nitrogens with one attached hydrogen (secondary N) is 1. The van der Waals surface area contributed by atoms with Gasteiger partial charge in [-0.15, -0.1) is 0 Å². The van der Waals surface area contributed by atoms with Gasteiger partial charge in [-0.2, -0.15) is 5.23 Å². The maximum absolute atomic E-state index is 14.8. The van der Waals surface area contributed by atoms with E-state index in [2.05, 4.69) is 10.1 Å². The maximum atomic E-state index is 14.8. The molecule has 1 aliphatic heterocycles. The molecule has 0 aromatic heterocycles. The molecule has 2 unspecified atom stereocenters. The molecule has 162 valence electrons. The van der Waals surface area contributed by atoms with Gasteiger partial charge in [-0.1, -0.05) is 23.4 Å². The zero-order valence-electron chi connectivity index (χ0n) is 17.2. The minimum absolute atomic E-state index is 0.0947. The molecule has 7 heteroatoms. The molecule has 1 heterocycles. The van der Waals surface area contributed by atoms with E-state index < -0.39 is 11.5 Å². The Labute approximate surface area is 180 Å². The summed E-state index contributed by atoms with van der Waals surface area (Å²) in [5.41, 5.74) is 1.44. The van der Waals surface area contributed by atoms with Crippen LogP contribution in [-0.2, 0) is 4.84 Å². The first-order chi connectivity index (χ1) is 15.0. The third-order valence-electron chi connectivity index (χ3n) is 7.78. The first kappa shape index (κ1) is 19.2. The molecule has 2 aromatic rings. The van der Waals surface area contributed by atoms with Crippen LogP contribution in [0.15, 0.2) is 53.7 Å². The first-order valence-electron chi connectivity index (χ1n) is 11.1. The topological polar surface area (TPSA) is 72.6 Å². The number of hydrogen-bond donors (Lipinski definition) is 2. The van der Waals surface area contributed by atoms with Crippen molar-refractivity contribution in [2.45, 2.75) is 50.3 Å². The van der Waals surface area contributed by atoms with E-state index in [-0.39, 0.29) is 17.0 Å². The van der Waals surface area contributed by atoms with E-state index in [4.69, 9.17) is 4.84 Å². The van der Waals surface area contributed by atoms with Gasteiger partial charge in [-0.05, 0) is 74.5 Å². The molecular formula is C24H26FN3O3. The minimum Gasteiger partial charge on any atom is -0.595 e. The van der Waals surface area contributed by atoms with Gasteiger partial charge >= 0.3 is 0 Å². The van der Waals surface area contributed by atoms with Crippen LogP contribution in [0.2, 0.25) is 0 Å². The van der Waals surface area contributed by atoms with Crippen molar-refractivity contribution < 1.29 is 19.7 Å². The van der Waals surface area contributed by atoms with E-state index >= 15 is 0 Å². The fourth-order valence-electron chi connectivity index (χ4n) is 6.96. The van der Waals surface area contributed by atoms with Crippen LogP contribution < -0.4 is 5.23 Å². The summed E-state index contributed by atoms with van der Waals surface area (Å²) < 4.78 is 14.8. The van der Waals surface area contributed by atoms with Crippen LogP contribution in [0.1, 0.15) is 55.9 Å². The lowest BCUT2D eigenvalue weighted by atomic mass is 9.52. The fraction of sp³-hybridized carbons (Fsp3) is 0.458. The van der Waals surface area contributed by atoms with E-state index in [0.29, 0.717) is 29.2 Å². The Morgan fingerprint density at radius 1 is 1.00 bits per heavy atom. The van der Waals surface area contributed by atoms with E-state index in [0.717, 1.165) is 24.8 Å². The number of nitrogens with zero attached hydrogens (tertiary/aromatic N) is 2. The number of amidine groups is 1. The predicted molar refractivity (Wildman–Crippen MR) is 112 cm³/mol. The molecule has 2 N–H and O–H groups in total.